The molecule has 1 fully saturated rings. The molecule has 0 saturated carbocycles. The lowest BCUT2D eigenvalue weighted by molar-refractivity contribution is -0.121. The Bertz CT molecular complexity index is 412. The Morgan fingerprint density at radius 2 is 1.76 bits per heavy atom. The van der Waals surface area contributed by atoms with E-state index in [1.54, 1.807) is 0 Å². The van der Waals surface area contributed by atoms with Gasteiger partial charge in [-0.15, -0.1) is 24.0 Å². The number of guanidine groups is 1. The molecule has 1 aliphatic heterocycles. The van der Waals surface area contributed by atoms with E-state index in [1.807, 2.05) is 27.7 Å². The summed E-state index contributed by atoms with van der Waals surface area (Å²) in [7, 11) is 0. The second-order valence-corrected chi connectivity index (χ2v) is 8.13. The Kier molecular flexibility index (Phi) is 11.7. The number of carbonyl (C=O) groups is 1. The van der Waals surface area contributed by atoms with Gasteiger partial charge >= 0.3 is 0 Å². The van der Waals surface area contributed by atoms with Gasteiger partial charge in [0.05, 0.1) is 0 Å². The van der Waals surface area contributed by atoms with E-state index in [1.165, 1.54) is 19.5 Å². The van der Waals surface area contributed by atoms with Crippen LogP contribution in [0.2, 0.25) is 0 Å². The zero-order valence-electron chi connectivity index (χ0n) is 16.8. The van der Waals surface area contributed by atoms with Crippen molar-refractivity contribution < 1.29 is 4.79 Å². The minimum absolute atomic E-state index is 0. The zero-order chi connectivity index (χ0) is 18.2. The second kappa shape index (κ2) is 11.9. The number of halogens is 1. The third-order valence-corrected chi connectivity index (χ3v) is 3.90. The van der Waals surface area contributed by atoms with Crippen molar-refractivity contribution in [2.45, 2.75) is 53.5 Å². The molecule has 6 nitrogen and oxygen atoms in total. The van der Waals surface area contributed by atoms with E-state index in [0.717, 1.165) is 31.5 Å². The largest absolute Gasteiger partial charge is 0.357 e. The maximum absolute atomic E-state index is 11.9. The zero-order valence-corrected chi connectivity index (χ0v) is 19.1. The summed E-state index contributed by atoms with van der Waals surface area (Å²) in [5, 5.41) is 9.45. The number of rotatable bonds is 6. The molecule has 0 bridgehead atoms. The topological polar surface area (TPSA) is 68.8 Å². The Balaban J connectivity index is 0.00000576. The van der Waals surface area contributed by atoms with Crippen LogP contribution in [-0.4, -0.2) is 61.6 Å². The van der Waals surface area contributed by atoms with Crippen molar-refractivity contribution in [2.75, 3.05) is 39.3 Å². The van der Waals surface area contributed by atoms with Crippen LogP contribution in [0.5, 0.6) is 0 Å². The second-order valence-electron chi connectivity index (χ2n) is 8.13. The Morgan fingerprint density at radius 3 is 2.28 bits per heavy atom. The normalized spacial score (nSPS) is 22.1. The van der Waals surface area contributed by atoms with Gasteiger partial charge in [0.15, 0.2) is 5.96 Å². The minimum atomic E-state index is -0.222. The van der Waals surface area contributed by atoms with Crippen LogP contribution in [0, 0.1) is 11.8 Å². The monoisotopic (exact) mass is 467 g/mol. The molecule has 7 heteroatoms. The fourth-order valence-corrected chi connectivity index (χ4v) is 3.26. The molecule has 1 saturated heterocycles. The third kappa shape index (κ3) is 11.6. The summed E-state index contributed by atoms with van der Waals surface area (Å²) < 4.78 is 0. The highest BCUT2D eigenvalue weighted by molar-refractivity contribution is 14.0. The average molecular weight is 467 g/mol. The molecule has 1 rings (SSSR count). The van der Waals surface area contributed by atoms with Crippen LogP contribution in [0.3, 0.4) is 0 Å². The number of nitrogens with zero attached hydrogens (tertiary/aromatic N) is 2. The molecule has 0 aromatic heterocycles. The number of carbonyl (C=O) groups excluding carboxylic acids is 1. The number of amides is 1. The van der Waals surface area contributed by atoms with Crippen molar-refractivity contribution in [3.63, 3.8) is 0 Å². The fourth-order valence-electron chi connectivity index (χ4n) is 3.26. The number of likely N-dealkylation sites (tertiary alicyclic amines) is 1. The van der Waals surface area contributed by atoms with Gasteiger partial charge in [-0.1, -0.05) is 13.8 Å². The Labute approximate surface area is 171 Å². The summed E-state index contributed by atoms with van der Waals surface area (Å²) in [6.07, 6.45) is 1.33. The summed E-state index contributed by atoms with van der Waals surface area (Å²) in [5.74, 6) is 2.20. The molecule has 2 unspecified atom stereocenters. The van der Waals surface area contributed by atoms with Gasteiger partial charge in [-0.3, -0.25) is 4.79 Å². The van der Waals surface area contributed by atoms with Gasteiger partial charge in [0.2, 0.25) is 5.91 Å². The predicted octanol–water partition coefficient (Wildman–Crippen LogP) is 2.05. The first-order valence-corrected chi connectivity index (χ1v) is 9.25. The van der Waals surface area contributed by atoms with E-state index < -0.39 is 0 Å². The van der Waals surface area contributed by atoms with Gasteiger partial charge in [0.1, 0.15) is 6.54 Å². The highest BCUT2D eigenvalue weighted by Gasteiger charge is 2.21. The predicted molar refractivity (Wildman–Crippen MR) is 117 cm³/mol. The molecule has 1 aliphatic rings. The van der Waals surface area contributed by atoms with Crippen LogP contribution in [-0.2, 0) is 4.79 Å². The van der Waals surface area contributed by atoms with Crippen molar-refractivity contribution in [3.8, 4) is 0 Å². The molecular formula is C18H38IN5O. The quantitative estimate of drug-likeness (QED) is 0.318. The molecule has 148 valence electrons. The van der Waals surface area contributed by atoms with Crippen LogP contribution in [0.15, 0.2) is 4.99 Å². The molecule has 2 atom stereocenters. The van der Waals surface area contributed by atoms with Crippen molar-refractivity contribution in [3.05, 3.63) is 0 Å². The van der Waals surface area contributed by atoms with E-state index >= 15 is 0 Å². The molecule has 0 aromatic carbocycles. The molecule has 1 amide bonds. The standard InChI is InChI=1S/C18H37N5O.HI/c1-7-19-17(21-11-16(24)22-18(4,5)6)20-8-9-23-12-14(2)10-15(3)13-23;/h14-15H,7-13H2,1-6H3,(H,22,24)(H2,19,20,21);1H. The van der Waals surface area contributed by atoms with Gasteiger partial charge in [0.25, 0.3) is 0 Å². The van der Waals surface area contributed by atoms with Crippen LogP contribution in [0.25, 0.3) is 0 Å². The van der Waals surface area contributed by atoms with Crippen molar-refractivity contribution in [1.82, 2.24) is 20.9 Å². The SMILES string of the molecule is CCNC(=NCC(=O)NC(C)(C)C)NCCN1CC(C)CC(C)C1.I. The lowest BCUT2D eigenvalue weighted by atomic mass is 9.92. The van der Waals surface area contributed by atoms with Crippen LogP contribution in [0.4, 0.5) is 0 Å². The fraction of sp³-hybridized carbons (Fsp3) is 0.889. The van der Waals surface area contributed by atoms with Crippen molar-refractivity contribution >= 4 is 35.8 Å². The lowest BCUT2D eigenvalue weighted by Gasteiger charge is -2.35. The highest BCUT2D eigenvalue weighted by atomic mass is 127. The first-order valence-electron chi connectivity index (χ1n) is 9.25. The average Bonchev–Trinajstić information content (AvgIpc) is 2.42. The smallest absolute Gasteiger partial charge is 0.242 e. The number of hydrogen-bond acceptors (Lipinski definition) is 3. The van der Waals surface area contributed by atoms with Gasteiger partial charge in [-0.25, -0.2) is 4.99 Å². The molecule has 3 N–H and O–H groups in total. The Morgan fingerprint density at radius 1 is 1.16 bits per heavy atom. The van der Waals surface area contributed by atoms with Crippen molar-refractivity contribution in [2.24, 2.45) is 16.8 Å². The van der Waals surface area contributed by atoms with E-state index in [9.17, 15) is 4.79 Å². The maximum atomic E-state index is 11.9. The minimum Gasteiger partial charge on any atom is -0.357 e. The maximum Gasteiger partial charge on any atom is 0.242 e. The first kappa shape index (κ1) is 24.4. The molecule has 0 aromatic rings. The molecule has 0 spiro atoms. The Hall–Kier alpha value is -0.570. The van der Waals surface area contributed by atoms with E-state index in [2.05, 4.69) is 39.7 Å². The summed E-state index contributed by atoms with van der Waals surface area (Å²) in [6, 6.07) is 0. The van der Waals surface area contributed by atoms with Crippen LogP contribution in [0.1, 0.15) is 48.0 Å². The van der Waals surface area contributed by atoms with Gasteiger partial charge in [0, 0.05) is 38.3 Å². The molecule has 0 radical (unpaired) electrons. The molecule has 1 heterocycles. The lowest BCUT2D eigenvalue weighted by Crippen LogP contribution is -2.46. The first-order chi connectivity index (χ1) is 11.2. The molecule has 25 heavy (non-hydrogen) atoms. The third-order valence-electron chi connectivity index (χ3n) is 3.90. The molecule has 0 aliphatic carbocycles. The van der Waals surface area contributed by atoms with E-state index in [0.29, 0.717) is 5.96 Å². The summed E-state index contributed by atoms with van der Waals surface area (Å²) in [4.78, 5) is 18.8. The molecular weight excluding hydrogens is 429 g/mol. The van der Waals surface area contributed by atoms with E-state index in [4.69, 9.17) is 0 Å². The van der Waals surface area contributed by atoms with Gasteiger partial charge in [-0.2, -0.15) is 0 Å². The van der Waals surface area contributed by atoms with Gasteiger partial charge in [-0.05, 0) is 46.0 Å². The van der Waals surface area contributed by atoms with E-state index in [-0.39, 0.29) is 42.0 Å². The highest BCUT2D eigenvalue weighted by Crippen LogP contribution is 2.20. The van der Waals surface area contributed by atoms with Crippen molar-refractivity contribution in [1.29, 1.82) is 0 Å². The number of hydrogen-bond donors (Lipinski definition) is 3. The van der Waals surface area contributed by atoms with Gasteiger partial charge < -0.3 is 20.9 Å². The summed E-state index contributed by atoms with van der Waals surface area (Å²) in [5.41, 5.74) is -0.222. The van der Waals surface area contributed by atoms with Crippen LogP contribution < -0.4 is 16.0 Å². The number of nitrogens with one attached hydrogen (secondary N) is 3. The van der Waals surface area contributed by atoms with Crippen LogP contribution >= 0.6 is 24.0 Å². The number of piperidine rings is 1. The number of aliphatic imine (C=N–C) groups is 1. The summed E-state index contributed by atoms with van der Waals surface area (Å²) in [6.45, 7) is 17.7. The summed E-state index contributed by atoms with van der Waals surface area (Å²) >= 11 is 0.